The molecule has 0 aromatic heterocycles. The lowest BCUT2D eigenvalue weighted by Crippen LogP contribution is -2.20. The second kappa shape index (κ2) is 9.87. The molecule has 4 heteroatoms. The molecule has 0 spiro atoms. The summed E-state index contributed by atoms with van der Waals surface area (Å²) < 4.78 is 11.4. The second-order valence-electron chi connectivity index (χ2n) is 5.91. The van der Waals surface area contributed by atoms with E-state index in [0.29, 0.717) is 13.2 Å². The summed E-state index contributed by atoms with van der Waals surface area (Å²) in [5.74, 6) is 0.663. The van der Waals surface area contributed by atoms with E-state index in [0.717, 1.165) is 17.5 Å². The van der Waals surface area contributed by atoms with Crippen molar-refractivity contribution in [3.05, 3.63) is 65.7 Å². The number of phenolic OH excluding ortho intramolecular Hbond substituents is 2. The number of aromatic hydroxyl groups is 2. The molecular weight excluding hydrogens is 316 g/mol. The molecule has 0 radical (unpaired) electrons. The van der Waals surface area contributed by atoms with Crippen LogP contribution >= 0.6 is 0 Å². The lowest BCUT2D eigenvalue weighted by molar-refractivity contribution is -0.00937. The van der Waals surface area contributed by atoms with Crippen molar-refractivity contribution < 1.29 is 19.7 Å². The number of benzene rings is 2. The molecule has 0 amide bonds. The molecule has 2 rings (SSSR count). The molecule has 0 bridgehead atoms. The Balaban J connectivity index is 2.12. The molecule has 2 N–H and O–H groups in total. The van der Waals surface area contributed by atoms with E-state index in [4.69, 9.17) is 9.47 Å². The average molecular weight is 342 g/mol. The third-order valence-corrected chi connectivity index (χ3v) is 4.02. The highest BCUT2D eigenvalue weighted by Gasteiger charge is 2.23. The number of ether oxygens (including phenoxy) is 2. The van der Waals surface area contributed by atoms with Crippen molar-refractivity contribution in [2.45, 2.75) is 19.4 Å². The van der Waals surface area contributed by atoms with Crippen molar-refractivity contribution in [3.8, 4) is 11.5 Å². The molecule has 0 heterocycles. The summed E-state index contributed by atoms with van der Waals surface area (Å²) in [6.07, 6.45) is 4.82. The summed E-state index contributed by atoms with van der Waals surface area (Å²) in [5, 5.41) is 18.8. The lowest BCUT2D eigenvalue weighted by Gasteiger charge is -2.26. The minimum absolute atomic E-state index is 0.102. The highest BCUT2D eigenvalue weighted by atomic mass is 16.5. The summed E-state index contributed by atoms with van der Waals surface area (Å²) >= 11 is 0. The smallest absolute Gasteiger partial charge is 0.115 e. The summed E-state index contributed by atoms with van der Waals surface area (Å²) in [6.45, 7) is 3.16. The molecule has 0 aliphatic rings. The largest absolute Gasteiger partial charge is 0.508 e. The third-order valence-electron chi connectivity index (χ3n) is 4.02. The Labute approximate surface area is 149 Å². The minimum Gasteiger partial charge on any atom is -0.508 e. The molecule has 0 aliphatic carbocycles. The molecule has 0 saturated heterocycles. The quantitative estimate of drug-likeness (QED) is 0.702. The number of rotatable bonds is 9. The first-order valence-corrected chi connectivity index (χ1v) is 8.49. The van der Waals surface area contributed by atoms with Gasteiger partial charge in [0.05, 0.1) is 12.7 Å². The Morgan fingerprint density at radius 3 is 2.12 bits per heavy atom. The number of phenols is 2. The normalized spacial score (nSPS) is 13.8. The van der Waals surface area contributed by atoms with Gasteiger partial charge < -0.3 is 19.7 Å². The van der Waals surface area contributed by atoms with Gasteiger partial charge in [-0.15, -0.1) is 0 Å². The monoisotopic (exact) mass is 342 g/mol. The first kappa shape index (κ1) is 19.0. The maximum Gasteiger partial charge on any atom is 0.115 e. The summed E-state index contributed by atoms with van der Waals surface area (Å²) in [4.78, 5) is 0. The zero-order valence-electron chi connectivity index (χ0n) is 14.8. The maximum atomic E-state index is 9.50. The SMILES string of the molecule is CCO[C@@H](c1ccc(O)cc1)[C@H](C/C=C/c1ccc(O)cc1)COC. The summed E-state index contributed by atoms with van der Waals surface area (Å²) in [6, 6.07) is 14.2. The van der Waals surface area contributed by atoms with E-state index >= 15 is 0 Å². The Morgan fingerprint density at radius 2 is 1.56 bits per heavy atom. The fraction of sp³-hybridized carbons (Fsp3) is 0.333. The van der Waals surface area contributed by atoms with Crippen LogP contribution < -0.4 is 0 Å². The molecule has 134 valence electrons. The summed E-state index contributed by atoms with van der Waals surface area (Å²) in [7, 11) is 1.69. The van der Waals surface area contributed by atoms with Gasteiger partial charge in [0.1, 0.15) is 11.5 Å². The zero-order valence-corrected chi connectivity index (χ0v) is 14.8. The van der Waals surface area contributed by atoms with E-state index in [9.17, 15) is 10.2 Å². The standard InChI is InChI=1S/C21H26O4/c1-3-25-21(17-9-13-20(23)14-10-17)18(15-24-2)6-4-5-16-7-11-19(22)12-8-16/h4-5,7-14,18,21-23H,3,6,15H2,1-2H3/b5-4+/t18-,21+/m1/s1. The number of methoxy groups -OCH3 is 1. The maximum absolute atomic E-state index is 9.50. The second-order valence-corrected chi connectivity index (χ2v) is 5.91. The molecule has 2 aromatic carbocycles. The van der Waals surface area contributed by atoms with Gasteiger partial charge in [-0.2, -0.15) is 0 Å². The van der Waals surface area contributed by atoms with Crippen LogP contribution in [0.5, 0.6) is 11.5 Å². The van der Waals surface area contributed by atoms with Gasteiger partial charge in [-0.1, -0.05) is 36.4 Å². The molecule has 0 fully saturated rings. The number of hydrogen-bond donors (Lipinski definition) is 2. The van der Waals surface area contributed by atoms with Crippen LogP contribution in [0.25, 0.3) is 6.08 Å². The fourth-order valence-corrected chi connectivity index (χ4v) is 2.81. The van der Waals surface area contributed by atoms with Gasteiger partial charge in [-0.05, 0) is 48.7 Å². The lowest BCUT2D eigenvalue weighted by atomic mass is 9.92. The Bertz CT molecular complexity index is 647. The minimum atomic E-state index is -0.102. The predicted octanol–water partition coefficient (Wildman–Crippen LogP) is 4.54. The highest BCUT2D eigenvalue weighted by Crippen LogP contribution is 2.30. The average Bonchev–Trinajstić information content (AvgIpc) is 2.62. The van der Waals surface area contributed by atoms with E-state index in [1.165, 1.54) is 0 Å². The Morgan fingerprint density at radius 1 is 0.960 bits per heavy atom. The first-order chi connectivity index (χ1) is 12.1. The molecule has 2 aromatic rings. The van der Waals surface area contributed by atoms with E-state index < -0.39 is 0 Å². The van der Waals surface area contributed by atoms with Crippen LogP contribution in [0.2, 0.25) is 0 Å². The molecule has 4 nitrogen and oxygen atoms in total. The van der Waals surface area contributed by atoms with E-state index in [1.54, 1.807) is 31.4 Å². The van der Waals surface area contributed by atoms with Gasteiger partial charge in [0.2, 0.25) is 0 Å². The van der Waals surface area contributed by atoms with Crippen molar-refractivity contribution in [2.24, 2.45) is 5.92 Å². The van der Waals surface area contributed by atoms with Gasteiger partial charge in [-0.25, -0.2) is 0 Å². The molecule has 0 aliphatic heterocycles. The highest BCUT2D eigenvalue weighted by molar-refractivity contribution is 5.50. The summed E-state index contributed by atoms with van der Waals surface area (Å²) in [5.41, 5.74) is 2.06. The zero-order chi connectivity index (χ0) is 18.1. The van der Waals surface area contributed by atoms with Crippen LogP contribution in [0.3, 0.4) is 0 Å². The van der Waals surface area contributed by atoms with Crippen LogP contribution in [0.15, 0.2) is 54.6 Å². The van der Waals surface area contributed by atoms with E-state index in [2.05, 4.69) is 6.08 Å². The number of hydrogen-bond acceptors (Lipinski definition) is 4. The van der Waals surface area contributed by atoms with E-state index in [-0.39, 0.29) is 23.5 Å². The molecule has 0 unspecified atom stereocenters. The topological polar surface area (TPSA) is 58.9 Å². The van der Waals surface area contributed by atoms with Crippen LogP contribution in [-0.2, 0) is 9.47 Å². The van der Waals surface area contributed by atoms with Gasteiger partial charge in [0.15, 0.2) is 0 Å². The molecule has 25 heavy (non-hydrogen) atoms. The van der Waals surface area contributed by atoms with Crippen molar-refractivity contribution in [2.75, 3.05) is 20.3 Å². The van der Waals surface area contributed by atoms with Crippen molar-refractivity contribution in [3.63, 3.8) is 0 Å². The number of allylic oxidation sites excluding steroid dienone is 1. The van der Waals surface area contributed by atoms with Crippen molar-refractivity contribution in [1.82, 2.24) is 0 Å². The van der Waals surface area contributed by atoms with Gasteiger partial charge in [0.25, 0.3) is 0 Å². The van der Waals surface area contributed by atoms with Gasteiger partial charge in [-0.3, -0.25) is 0 Å². The van der Waals surface area contributed by atoms with Crippen LogP contribution in [0.4, 0.5) is 0 Å². The Kier molecular flexibility index (Phi) is 7.51. The Hall–Kier alpha value is -2.30. The third kappa shape index (κ3) is 5.93. The molecule has 0 saturated carbocycles. The first-order valence-electron chi connectivity index (χ1n) is 8.49. The van der Waals surface area contributed by atoms with Crippen LogP contribution in [-0.4, -0.2) is 30.5 Å². The van der Waals surface area contributed by atoms with Crippen molar-refractivity contribution in [1.29, 1.82) is 0 Å². The van der Waals surface area contributed by atoms with Gasteiger partial charge >= 0.3 is 0 Å². The fourth-order valence-electron chi connectivity index (χ4n) is 2.81. The van der Waals surface area contributed by atoms with Gasteiger partial charge in [0, 0.05) is 19.6 Å². The molecular formula is C21H26O4. The molecule has 2 atom stereocenters. The predicted molar refractivity (Wildman–Crippen MR) is 99.6 cm³/mol. The van der Waals surface area contributed by atoms with Crippen molar-refractivity contribution >= 4 is 6.08 Å². The van der Waals surface area contributed by atoms with Crippen LogP contribution in [0.1, 0.15) is 30.6 Å². The van der Waals surface area contributed by atoms with Crippen LogP contribution in [0, 0.1) is 5.92 Å². The van der Waals surface area contributed by atoms with E-state index in [1.807, 2.05) is 37.3 Å².